The zero-order chi connectivity index (χ0) is 6.78. The molecule has 48 valence electrons. The lowest BCUT2D eigenvalue weighted by molar-refractivity contribution is -0.0910. The molecule has 0 aliphatic rings. The van der Waals surface area contributed by atoms with Gasteiger partial charge in [0.25, 0.3) is 0 Å². The van der Waals surface area contributed by atoms with E-state index in [1.807, 2.05) is 0 Å². The second kappa shape index (κ2) is 2.44. The molecule has 4 heteroatoms. The van der Waals surface area contributed by atoms with Crippen molar-refractivity contribution in [3.8, 4) is 0 Å². The number of alkyl halides is 3. The Balaban J connectivity index is 4.03. The number of hydrogen-bond donors (Lipinski definition) is 1. The summed E-state index contributed by atoms with van der Waals surface area (Å²) in [5.74, 6) is 0. The zero-order valence-electron chi connectivity index (χ0n) is 4.16. The predicted molar refractivity (Wildman–Crippen MR) is 28.8 cm³/mol. The summed E-state index contributed by atoms with van der Waals surface area (Å²) in [4.78, 5) is 0. The zero-order valence-corrected chi connectivity index (χ0v) is 5.05. The molecule has 0 aliphatic carbocycles. The Morgan fingerprint density at radius 1 is 1.50 bits per heavy atom. The van der Waals surface area contributed by atoms with Crippen LogP contribution < -0.4 is 0 Å². The van der Waals surface area contributed by atoms with E-state index in [4.69, 9.17) is 0 Å². The maximum atomic E-state index is 11.3. The molecule has 0 rings (SSSR count). The minimum atomic E-state index is -4.21. The summed E-state index contributed by atoms with van der Waals surface area (Å²) in [5.41, 5.74) is -0.680. The van der Waals surface area contributed by atoms with Crippen LogP contribution in [0, 0.1) is 0 Å². The van der Waals surface area contributed by atoms with E-state index in [0.29, 0.717) is 0 Å². The quantitative estimate of drug-likeness (QED) is 0.493. The Labute approximate surface area is 50.8 Å². The second-order valence-corrected chi connectivity index (χ2v) is 1.57. The van der Waals surface area contributed by atoms with Gasteiger partial charge in [-0.25, -0.2) is 0 Å². The average molecular weight is 142 g/mol. The van der Waals surface area contributed by atoms with Crippen molar-refractivity contribution in [2.75, 3.05) is 0 Å². The average Bonchev–Trinajstić information content (AvgIpc) is 1.62. The first kappa shape index (κ1) is 7.88. The van der Waals surface area contributed by atoms with Crippen molar-refractivity contribution in [3.63, 3.8) is 0 Å². The summed E-state index contributed by atoms with van der Waals surface area (Å²) in [7, 11) is 0. The molecule has 0 bridgehead atoms. The van der Waals surface area contributed by atoms with Gasteiger partial charge in [0.2, 0.25) is 0 Å². The van der Waals surface area contributed by atoms with Crippen molar-refractivity contribution in [1.82, 2.24) is 0 Å². The molecule has 0 saturated heterocycles. The molecular formula is C4H5F3S. The maximum absolute atomic E-state index is 11.3. The third-order valence-corrected chi connectivity index (χ3v) is 1.03. The summed E-state index contributed by atoms with van der Waals surface area (Å²) in [6.07, 6.45) is -4.21. The molecule has 0 fully saturated rings. The monoisotopic (exact) mass is 142 g/mol. The maximum Gasteiger partial charge on any atom is 0.412 e. The van der Waals surface area contributed by atoms with Gasteiger partial charge in [0.1, 0.15) is 0 Å². The van der Waals surface area contributed by atoms with Crippen molar-refractivity contribution in [2.24, 2.45) is 0 Å². The van der Waals surface area contributed by atoms with Gasteiger partial charge in [-0.3, -0.25) is 0 Å². The first-order valence-corrected chi connectivity index (χ1v) is 2.38. The normalized spacial score (nSPS) is 14.4. The minimum absolute atomic E-state index is 0.680. The van der Waals surface area contributed by atoms with Crippen LogP contribution in [0.15, 0.2) is 11.0 Å². The van der Waals surface area contributed by atoms with E-state index in [9.17, 15) is 13.2 Å². The van der Waals surface area contributed by atoms with E-state index in [1.54, 1.807) is 0 Å². The second-order valence-electron chi connectivity index (χ2n) is 1.31. The first-order chi connectivity index (χ1) is 3.48. The lowest BCUT2D eigenvalue weighted by Crippen LogP contribution is -2.07. The van der Waals surface area contributed by atoms with Gasteiger partial charge in [-0.15, -0.1) is 0 Å². The van der Waals surface area contributed by atoms with Crippen LogP contribution in [0.25, 0.3) is 0 Å². The Morgan fingerprint density at radius 2 is 1.88 bits per heavy atom. The van der Waals surface area contributed by atoms with Gasteiger partial charge in [0.15, 0.2) is 0 Å². The Kier molecular flexibility index (Phi) is 2.40. The number of rotatable bonds is 0. The molecule has 0 aromatic heterocycles. The van der Waals surface area contributed by atoms with Gasteiger partial charge in [-0.05, 0) is 12.3 Å². The van der Waals surface area contributed by atoms with Crippen LogP contribution >= 0.6 is 12.6 Å². The Bertz CT molecular complexity index is 102. The van der Waals surface area contributed by atoms with Crippen LogP contribution in [-0.4, -0.2) is 6.18 Å². The summed E-state index contributed by atoms with van der Waals surface area (Å²) >= 11 is 3.33. The highest BCUT2D eigenvalue weighted by Crippen LogP contribution is 2.24. The van der Waals surface area contributed by atoms with E-state index in [-0.39, 0.29) is 0 Å². The van der Waals surface area contributed by atoms with Crippen molar-refractivity contribution < 1.29 is 13.2 Å². The third kappa shape index (κ3) is 2.26. The molecule has 0 N–H and O–H groups in total. The molecule has 0 nitrogen and oxygen atoms in total. The summed E-state index contributed by atoms with van der Waals surface area (Å²) < 4.78 is 34.0. The molecule has 8 heavy (non-hydrogen) atoms. The van der Waals surface area contributed by atoms with Crippen molar-refractivity contribution in [1.29, 1.82) is 0 Å². The van der Waals surface area contributed by atoms with Crippen LogP contribution in [0.3, 0.4) is 0 Å². The van der Waals surface area contributed by atoms with E-state index < -0.39 is 11.7 Å². The van der Waals surface area contributed by atoms with E-state index in [1.165, 1.54) is 0 Å². The number of halogens is 3. The molecule has 0 saturated carbocycles. The number of hydrogen-bond acceptors (Lipinski definition) is 1. The Hall–Kier alpha value is -0.120. The number of allylic oxidation sites excluding steroid dienone is 1. The van der Waals surface area contributed by atoms with Crippen molar-refractivity contribution in [3.05, 3.63) is 11.0 Å². The van der Waals surface area contributed by atoms with Crippen LogP contribution in [0.5, 0.6) is 0 Å². The smallest absolute Gasteiger partial charge is 0.166 e. The van der Waals surface area contributed by atoms with Crippen LogP contribution in [-0.2, 0) is 0 Å². The summed E-state index contributed by atoms with van der Waals surface area (Å²) in [6, 6.07) is 0. The van der Waals surface area contributed by atoms with Gasteiger partial charge in [0, 0.05) is 5.57 Å². The highest BCUT2D eigenvalue weighted by molar-refractivity contribution is 7.83. The summed E-state index contributed by atoms with van der Waals surface area (Å²) in [5, 5.41) is 0.736. The molecule has 0 aromatic carbocycles. The highest BCUT2D eigenvalue weighted by Gasteiger charge is 2.29. The van der Waals surface area contributed by atoms with Crippen LogP contribution in [0.4, 0.5) is 13.2 Å². The fourth-order valence-electron chi connectivity index (χ4n) is 0.0732. The van der Waals surface area contributed by atoms with Crippen LogP contribution in [0.2, 0.25) is 0 Å². The van der Waals surface area contributed by atoms with Crippen molar-refractivity contribution >= 4 is 12.6 Å². The van der Waals surface area contributed by atoms with Gasteiger partial charge in [-0.2, -0.15) is 25.8 Å². The number of thiol groups is 1. The molecule has 0 unspecified atom stereocenters. The first-order valence-electron chi connectivity index (χ1n) is 1.86. The molecule has 0 aromatic rings. The SMILES string of the molecule is C/C(=C\S)C(F)(F)F. The lowest BCUT2D eigenvalue weighted by atomic mass is 10.3. The molecule has 0 aliphatic heterocycles. The van der Waals surface area contributed by atoms with E-state index in [2.05, 4.69) is 12.6 Å². The summed E-state index contributed by atoms with van der Waals surface area (Å²) in [6.45, 7) is 0.965. The molecule has 0 heterocycles. The molecule has 0 atom stereocenters. The van der Waals surface area contributed by atoms with Gasteiger partial charge in [0.05, 0.1) is 0 Å². The lowest BCUT2D eigenvalue weighted by Gasteiger charge is -2.02. The predicted octanol–water partition coefficient (Wildman–Crippen LogP) is 2.38. The fourth-order valence-corrected chi connectivity index (χ4v) is 0.220. The Morgan fingerprint density at radius 3 is 1.88 bits per heavy atom. The van der Waals surface area contributed by atoms with Crippen LogP contribution in [0.1, 0.15) is 6.92 Å². The fraction of sp³-hybridized carbons (Fsp3) is 0.500. The van der Waals surface area contributed by atoms with E-state index >= 15 is 0 Å². The molecule has 0 amide bonds. The van der Waals surface area contributed by atoms with E-state index in [0.717, 1.165) is 12.3 Å². The molecular weight excluding hydrogens is 137 g/mol. The third-order valence-electron chi connectivity index (χ3n) is 0.641. The molecule has 0 spiro atoms. The largest absolute Gasteiger partial charge is 0.412 e. The van der Waals surface area contributed by atoms with Gasteiger partial charge in [-0.1, -0.05) is 0 Å². The van der Waals surface area contributed by atoms with Gasteiger partial charge >= 0.3 is 6.18 Å². The topological polar surface area (TPSA) is 0 Å². The minimum Gasteiger partial charge on any atom is -0.166 e. The standard InChI is InChI=1S/C4H5F3S/c1-3(2-8)4(5,6)7/h2,8H,1H3/b3-2+. The van der Waals surface area contributed by atoms with Crippen molar-refractivity contribution in [2.45, 2.75) is 13.1 Å². The molecule has 0 radical (unpaired) electrons. The highest BCUT2D eigenvalue weighted by atomic mass is 32.1. The van der Waals surface area contributed by atoms with Gasteiger partial charge < -0.3 is 0 Å².